The van der Waals surface area contributed by atoms with Gasteiger partial charge in [-0.1, -0.05) is 23.7 Å². The van der Waals surface area contributed by atoms with Crippen LogP contribution in [0.25, 0.3) is 0 Å². The average Bonchev–Trinajstić information content (AvgIpc) is 3.55. The minimum Gasteiger partial charge on any atom is -0.489 e. The quantitative estimate of drug-likeness (QED) is 0.126. The van der Waals surface area contributed by atoms with Gasteiger partial charge in [0.15, 0.2) is 15.7 Å². The summed E-state index contributed by atoms with van der Waals surface area (Å²) in [5.41, 5.74) is 6.24. The summed E-state index contributed by atoms with van der Waals surface area (Å²) in [7, 11) is -3.57. The van der Waals surface area contributed by atoms with Crippen LogP contribution in [0.15, 0.2) is 65.7 Å². The first-order valence-electron chi connectivity index (χ1n) is 22.3. The number of benzene rings is 3. The average molecular weight is 911 g/mol. The molecule has 15 nitrogen and oxygen atoms in total. The minimum atomic E-state index is -3.57. The molecule has 1 unspecified atom stereocenters. The van der Waals surface area contributed by atoms with Crippen LogP contribution in [-0.2, 0) is 26.0 Å². The number of rotatable bonds is 13. The molecular formula is C47H56ClN9O6S. The summed E-state index contributed by atoms with van der Waals surface area (Å²) in [6.07, 6.45) is 4.15. The Bertz CT molecular complexity index is 2590. The van der Waals surface area contributed by atoms with Gasteiger partial charge in [-0.15, -0.1) is 0 Å². The fraction of sp³-hybridized carbons (Fsp3) is 0.468. The third-order valence-corrected chi connectivity index (χ3v) is 15.9. The zero-order valence-electron chi connectivity index (χ0n) is 36.9. The second-order valence-electron chi connectivity index (χ2n) is 18.3. The molecule has 4 saturated heterocycles. The van der Waals surface area contributed by atoms with Crippen molar-refractivity contribution < 1.29 is 27.5 Å². The van der Waals surface area contributed by atoms with Crippen molar-refractivity contribution in [3.63, 3.8) is 0 Å². The number of piperidine rings is 2. The molecule has 4 fully saturated rings. The number of imide groups is 1. The lowest BCUT2D eigenvalue weighted by molar-refractivity contribution is -0.136. The van der Waals surface area contributed by atoms with E-state index in [9.17, 15) is 22.8 Å². The van der Waals surface area contributed by atoms with Crippen LogP contribution in [0, 0.1) is 6.92 Å². The largest absolute Gasteiger partial charge is 0.489 e. The number of nitrogens with zero attached hydrogens (tertiary/aromatic N) is 6. The SMILES string of the molecule is Cc1cc(Nc2ncc(Cl)c(Nc3ccccc3S(=O)(=O)C(C)C)n2)c(OC(C)C)cc1C1CCN(C2CN(C3CN(c4ccc5c(c4)CN(C4CCC(=O)NC4=O)C5=O)C3)C2)CC1. The molecule has 5 aliphatic heterocycles. The number of nitrogens with one attached hydrogen (secondary N) is 3. The lowest BCUT2D eigenvalue weighted by atomic mass is 9.85. The second-order valence-corrected chi connectivity index (χ2v) is 21.2. The lowest BCUT2D eigenvalue weighted by Gasteiger charge is -2.55. The number of carbonyl (C=O) groups excluding carboxylic acids is 3. The molecule has 3 N–H and O–H groups in total. The van der Waals surface area contributed by atoms with E-state index in [-0.39, 0.29) is 51.9 Å². The number of aryl methyl sites for hydroxylation is 1. The molecule has 0 saturated carbocycles. The van der Waals surface area contributed by atoms with Crippen LogP contribution in [0.3, 0.4) is 0 Å². The van der Waals surface area contributed by atoms with Crippen molar-refractivity contribution in [2.75, 3.05) is 54.8 Å². The maximum Gasteiger partial charge on any atom is 0.255 e. The van der Waals surface area contributed by atoms with Crippen molar-refractivity contribution in [1.29, 1.82) is 0 Å². The van der Waals surface area contributed by atoms with Crippen molar-refractivity contribution in [1.82, 2.24) is 30.0 Å². The third-order valence-electron chi connectivity index (χ3n) is 13.4. The summed E-state index contributed by atoms with van der Waals surface area (Å²) < 4.78 is 32.6. The van der Waals surface area contributed by atoms with Gasteiger partial charge in [0.1, 0.15) is 16.8 Å². The molecule has 0 aliphatic carbocycles. The molecule has 3 amide bonds. The maximum atomic E-state index is 13.2. The molecule has 0 spiro atoms. The highest BCUT2D eigenvalue weighted by Gasteiger charge is 2.43. The van der Waals surface area contributed by atoms with Gasteiger partial charge >= 0.3 is 0 Å². The highest BCUT2D eigenvalue weighted by molar-refractivity contribution is 7.92. The summed E-state index contributed by atoms with van der Waals surface area (Å²) in [4.78, 5) is 55.8. The molecular weight excluding hydrogens is 854 g/mol. The van der Waals surface area contributed by atoms with Gasteiger partial charge in [-0.05, 0) is 132 Å². The van der Waals surface area contributed by atoms with Gasteiger partial charge in [0, 0.05) is 62.5 Å². The Kier molecular flexibility index (Phi) is 12.1. The Balaban J connectivity index is 0.784. The van der Waals surface area contributed by atoms with Crippen molar-refractivity contribution in [2.24, 2.45) is 0 Å². The normalized spacial score (nSPS) is 20.4. The second kappa shape index (κ2) is 17.6. The summed E-state index contributed by atoms with van der Waals surface area (Å²) in [5.74, 6) is 0.870. The topological polar surface area (TPSA) is 169 Å². The van der Waals surface area contributed by atoms with Gasteiger partial charge in [-0.2, -0.15) is 4.98 Å². The van der Waals surface area contributed by atoms with Crippen LogP contribution in [0.1, 0.15) is 86.3 Å². The highest BCUT2D eigenvalue weighted by Crippen LogP contribution is 2.40. The number of hydrogen-bond acceptors (Lipinski definition) is 13. The number of halogens is 1. The molecule has 1 aromatic heterocycles. The number of aromatic nitrogens is 2. The first kappa shape index (κ1) is 43.9. The molecule has 4 aromatic rings. The summed E-state index contributed by atoms with van der Waals surface area (Å²) in [5, 5.41) is 8.51. The van der Waals surface area contributed by atoms with Crippen molar-refractivity contribution in [3.8, 4) is 5.75 Å². The van der Waals surface area contributed by atoms with Gasteiger partial charge in [0.05, 0.1) is 33.8 Å². The lowest BCUT2D eigenvalue weighted by Crippen LogP contribution is -2.70. The molecule has 0 bridgehead atoms. The Labute approximate surface area is 379 Å². The van der Waals surface area contributed by atoms with E-state index in [1.165, 1.54) is 11.8 Å². The van der Waals surface area contributed by atoms with Crippen molar-refractivity contribution in [3.05, 3.63) is 88.1 Å². The van der Waals surface area contributed by atoms with Gasteiger partial charge < -0.3 is 25.2 Å². The zero-order chi connectivity index (χ0) is 45.0. The first-order chi connectivity index (χ1) is 30.6. The summed E-state index contributed by atoms with van der Waals surface area (Å²) in [6, 6.07) is 17.4. The van der Waals surface area contributed by atoms with Gasteiger partial charge in [-0.25, -0.2) is 13.4 Å². The van der Waals surface area contributed by atoms with Gasteiger partial charge in [0.2, 0.25) is 17.8 Å². The van der Waals surface area contributed by atoms with E-state index in [0.717, 1.165) is 74.6 Å². The highest BCUT2D eigenvalue weighted by atomic mass is 35.5. The van der Waals surface area contributed by atoms with E-state index in [1.54, 1.807) is 43.0 Å². The molecule has 0 radical (unpaired) electrons. The number of amides is 3. The van der Waals surface area contributed by atoms with E-state index in [4.69, 9.17) is 16.3 Å². The Morgan fingerprint density at radius 3 is 2.33 bits per heavy atom. The molecule has 64 heavy (non-hydrogen) atoms. The van der Waals surface area contributed by atoms with Crippen molar-refractivity contribution in [2.45, 2.75) is 107 Å². The minimum absolute atomic E-state index is 0.0677. The Morgan fingerprint density at radius 1 is 0.875 bits per heavy atom. The first-order valence-corrected chi connectivity index (χ1v) is 24.3. The predicted octanol–water partition coefficient (Wildman–Crippen LogP) is 6.41. The Hall–Kier alpha value is -5.29. The fourth-order valence-corrected chi connectivity index (χ4v) is 11.0. The molecule has 9 rings (SSSR count). The smallest absolute Gasteiger partial charge is 0.255 e. The number of ether oxygens (including phenoxy) is 1. The van der Waals surface area contributed by atoms with E-state index in [2.05, 4.69) is 65.7 Å². The molecule has 5 aliphatic rings. The van der Waals surface area contributed by atoms with E-state index in [1.807, 2.05) is 26.0 Å². The number of sulfone groups is 1. The van der Waals surface area contributed by atoms with Crippen molar-refractivity contribution >= 4 is 68.0 Å². The number of para-hydroxylation sites is 1. The molecule has 17 heteroatoms. The third kappa shape index (κ3) is 8.64. The van der Waals surface area contributed by atoms with Gasteiger partial charge in [-0.3, -0.25) is 29.5 Å². The molecule has 3 aromatic carbocycles. The fourth-order valence-electron chi connectivity index (χ4n) is 9.67. The molecule has 1 atom stereocenters. The van der Waals surface area contributed by atoms with E-state index < -0.39 is 21.1 Å². The van der Waals surface area contributed by atoms with Gasteiger partial charge in [0.25, 0.3) is 5.91 Å². The van der Waals surface area contributed by atoms with E-state index in [0.29, 0.717) is 48.0 Å². The number of anilines is 5. The van der Waals surface area contributed by atoms with Crippen LogP contribution in [0.4, 0.5) is 28.8 Å². The number of hydrogen-bond donors (Lipinski definition) is 3. The van der Waals surface area contributed by atoms with Crippen LogP contribution in [-0.4, -0.2) is 120 Å². The monoisotopic (exact) mass is 909 g/mol. The van der Waals surface area contributed by atoms with Crippen LogP contribution in [0.2, 0.25) is 5.02 Å². The summed E-state index contributed by atoms with van der Waals surface area (Å²) in [6.45, 7) is 16.0. The van der Waals surface area contributed by atoms with Crippen LogP contribution < -0.4 is 25.6 Å². The zero-order valence-corrected chi connectivity index (χ0v) is 38.5. The van der Waals surface area contributed by atoms with E-state index >= 15 is 0 Å². The Morgan fingerprint density at radius 2 is 1.61 bits per heavy atom. The number of carbonyl (C=O) groups is 3. The maximum absolute atomic E-state index is 13.2. The number of likely N-dealkylation sites (tertiary alicyclic amines) is 2. The summed E-state index contributed by atoms with van der Waals surface area (Å²) >= 11 is 6.53. The predicted molar refractivity (Wildman–Crippen MR) is 247 cm³/mol. The molecule has 6 heterocycles. The number of fused-ring (bicyclic) bond motifs is 1. The van der Waals surface area contributed by atoms with Crippen LogP contribution in [0.5, 0.6) is 5.75 Å². The molecule has 338 valence electrons. The van der Waals surface area contributed by atoms with Crippen LogP contribution >= 0.6 is 11.6 Å². The standard InChI is InChI=1S/C47H56ClN9O6S/c1-27(2)63-41-20-36(29(5)18-39(41)51-47-49-21-37(48)44(53-47)50-38-8-6-7-9-42(38)64(61,62)28(3)4)30-14-16-54(17-15-30)33-23-56(24-33)34-25-55(26-34)32-10-11-35-31(19-32)22-57(46(35)60)40-12-13-43(58)52-45(40)59/h6-11,18-21,27-28,30,33-34,40H,12-17,22-26H2,1-5H3,(H,52,58,59)(H2,49,50,51,53).